The number of anilines is 1. The summed E-state index contributed by atoms with van der Waals surface area (Å²) < 4.78 is 12.8. The number of hydrogen-bond donors (Lipinski definition) is 3. The molecule has 0 unspecified atom stereocenters. The maximum absolute atomic E-state index is 12.8. The molecule has 1 aromatic carbocycles. The van der Waals surface area contributed by atoms with Crippen molar-refractivity contribution in [2.24, 2.45) is 5.73 Å². The number of halogens is 1. The monoisotopic (exact) mass is 260 g/mol. The lowest BCUT2D eigenvalue weighted by atomic mass is 10.3. The third kappa shape index (κ3) is 3.74. The van der Waals surface area contributed by atoms with Gasteiger partial charge in [-0.05, 0) is 38.1 Å². The highest BCUT2D eigenvalue weighted by molar-refractivity contribution is 5.88. The second-order valence-corrected chi connectivity index (χ2v) is 4.14. The van der Waals surface area contributed by atoms with Gasteiger partial charge in [0, 0.05) is 6.07 Å². The number of benzene rings is 1. The van der Waals surface area contributed by atoms with Crippen molar-refractivity contribution in [2.45, 2.75) is 13.8 Å². The first-order valence-corrected chi connectivity index (χ1v) is 5.77. The van der Waals surface area contributed by atoms with Gasteiger partial charge in [-0.1, -0.05) is 0 Å². The van der Waals surface area contributed by atoms with Gasteiger partial charge in [0.05, 0.1) is 17.1 Å². The van der Waals surface area contributed by atoms with Gasteiger partial charge in [-0.25, -0.2) is 9.38 Å². The fraction of sp³-hybridized carbons (Fsp3) is 0.154. The van der Waals surface area contributed by atoms with Crippen LogP contribution in [0, 0.1) is 19.7 Å². The molecule has 19 heavy (non-hydrogen) atoms. The predicted molar refractivity (Wildman–Crippen MR) is 71.3 cm³/mol. The lowest BCUT2D eigenvalue weighted by Crippen LogP contribution is -2.72. The van der Waals surface area contributed by atoms with E-state index in [2.05, 4.69) is 20.3 Å². The number of nitrogens with zero attached hydrogens (tertiary/aromatic N) is 2. The van der Waals surface area contributed by atoms with Gasteiger partial charge in [-0.2, -0.15) is 0 Å². The molecule has 0 aliphatic carbocycles. The maximum Gasteiger partial charge on any atom is 0.354 e. The van der Waals surface area contributed by atoms with Crippen LogP contribution >= 0.6 is 0 Å². The number of hydrogen-bond acceptors (Lipinski definition) is 2. The fourth-order valence-electron chi connectivity index (χ4n) is 1.62. The summed E-state index contributed by atoms with van der Waals surface area (Å²) in [7, 11) is 0. The number of guanidine groups is 1. The molecule has 0 bridgehead atoms. The Kier molecular flexibility index (Phi) is 3.70. The number of aromatic nitrogens is 2. The van der Waals surface area contributed by atoms with E-state index in [1.165, 1.54) is 12.1 Å². The van der Waals surface area contributed by atoms with Crippen LogP contribution in [0.15, 0.2) is 30.3 Å². The predicted octanol–water partition coefficient (Wildman–Crippen LogP) is 0.371. The second kappa shape index (κ2) is 5.43. The molecule has 6 heteroatoms. The van der Waals surface area contributed by atoms with E-state index in [9.17, 15) is 4.39 Å². The molecule has 0 amide bonds. The number of nitrogens with one attached hydrogen (secondary N) is 2. The van der Waals surface area contributed by atoms with Crippen LogP contribution in [0.25, 0.3) is 0 Å². The molecule has 2 aromatic rings. The van der Waals surface area contributed by atoms with Gasteiger partial charge >= 0.3 is 5.95 Å². The Balaban J connectivity index is 2.16. The van der Waals surface area contributed by atoms with Crippen LogP contribution < -0.4 is 16.0 Å². The minimum Gasteiger partial charge on any atom is -0.322 e. The van der Waals surface area contributed by atoms with E-state index in [0.29, 0.717) is 11.6 Å². The maximum atomic E-state index is 12.8. The molecular weight excluding hydrogens is 245 g/mol. The fourth-order valence-corrected chi connectivity index (χ4v) is 1.62. The van der Waals surface area contributed by atoms with E-state index >= 15 is 0 Å². The molecular formula is C13H15FN5+. The number of nitrogens with two attached hydrogens (primary N) is 1. The van der Waals surface area contributed by atoms with Gasteiger partial charge < -0.3 is 5.73 Å². The van der Waals surface area contributed by atoms with E-state index in [1.807, 2.05) is 19.9 Å². The Morgan fingerprint density at radius 2 is 1.74 bits per heavy atom. The third-order valence-corrected chi connectivity index (χ3v) is 2.35. The van der Waals surface area contributed by atoms with E-state index in [0.717, 1.165) is 11.4 Å². The largest absolute Gasteiger partial charge is 0.354 e. The molecule has 0 saturated carbocycles. The Morgan fingerprint density at radius 3 is 2.32 bits per heavy atom. The van der Waals surface area contributed by atoms with E-state index in [-0.39, 0.29) is 11.8 Å². The molecule has 0 fully saturated rings. The van der Waals surface area contributed by atoms with Gasteiger partial charge in [0.25, 0.3) is 5.96 Å². The van der Waals surface area contributed by atoms with Gasteiger partial charge in [-0.15, -0.1) is 9.97 Å². The van der Waals surface area contributed by atoms with Crippen molar-refractivity contribution in [3.05, 3.63) is 47.5 Å². The molecule has 1 heterocycles. The molecule has 0 atom stereocenters. The Labute approximate surface area is 110 Å². The summed E-state index contributed by atoms with van der Waals surface area (Å²) in [4.78, 5) is 11.3. The number of aryl methyl sites for hydroxylation is 2. The molecule has 5 nitrogen and oxygen atoms in total. The van der Waals surface area contributed by atoms with Crippen molar-refractivity contribution < 1.29 is 9.38 Å². The summed E-state index contributed by atoms with van der Waals surface area (Å²) in [5.41, 5.74) is 8.18. The van der Waals surface area contributed by atoms with Gasteiger partial charge in [0.1, 0.15) is 5.82 Å². The first-order chi connectivity index (χ1) is 9.02. The lowest BCUT2D eigenvalue weighted by Gasteiger charge is -2.01. The summed E-state index contributed by atoms with van der Waals surface area (Å²) in [6.07, 6.45) is 0. The zero-order valence-electron chi connectivity index (χ0n) is 10.7. The summed E-state index contributed by atoms with van der Waals surface area (Å²) in [6.45, 7) is 3.76. The van der Waals surface area contributed by atoms with Gasteiger partial charge in [0.2, 0.25) is 0 Å². The Bertz CT molecular complexity index is 587. The molecule has 98 valence electrons. The van der Waals surface area contributed by atoms with Crippen molar-refractivity contribution in [2.75, 3.05) is 5.32 Å². The highest BCUT2D eigenvalue weighted by atomic mass is 19.1. The first kappa shape index (κ1) is 12.9. The van der Waals surface area contributed by atoms with Gasteiger partial charge in [0.15, 0.2) is 0 Å². The minimum absolute atomic E-state index is 0.275. The second-order valence-electron chi connectivity index (χ2n) is 4.14. The average Bonchev–Trinajstić information content (AvgIpc) is 2.30. The first-order valence-electron chi connectivity index (χ1n) is 5.77. The summed E-state index contributed by atoms with van der Waals surface area (Å²) in [5, 5.41) is 2.89. The van der Waals surface area contributed by atoms with E-state index in [1.54, 1.807) is 12.1 Å². The number of rotatable bonds is 2. The van der Waals surface area contributed by atoms with Crippen molar-refractivity contribution in [3.63, 3.8) is 0 Å². The van der Waals surface area contributed by atoms with Crippen molar-refractivity contribution in [1.82, 2.24) is 9.97 Å². The molecule has 0 aliphatic rings. The van der Waals surface area contributed by atoms with Crippen molar-refractivity contribution in [1.29, 1.82) is 0 Å². The topological polar surface area (TPSA) is 77.8 Å². The molecule has 0 aliphatic heterocycles. The Morgan fingerprint density at radius 1 is 1.16 bits per heavy atom. The third-order valence-electron chi connectivity index (χ3n) is 2.35. The quantitative estimate of drug-likeness (QED) is 0.538. The standard InChI is InChI=1S/C13H14FN5/c1-8-7-9(2)17-13(16-8)19-12(15)18-11-5-3-10(14)4-6-11/h3-7H,1-2H3,(H3,15,16,17,18,19)/p+1. The van der Waals surface area contributed by atoms with Gasteiger partial charge in [-0.3, -0.25) is 5.32 Å². The molecule has 4 N–H and O–H groups in total. The van der Waals surface area contributed by atoms with Crippen LogP contribution in [0.3, 0.4) is 0 Å². The van der Waals surface area contributed by atoms with Crippen LogP contribution in [-0.4, -0.2) is 15.9 Å². The zero-order valence-corrected chi connectivity index (χ0v) is 10.7. The average molecular weight is 260 g/mol. The molecule has 0 spiro atoms. The van der Waals surface area contributed by atoms with Crippen LogP contribution in [0.2, 0.25) is 0 Å². The molecule has 1 aromatic heterocycles. The van der Waals surface area contributed by atoms with Crippen LogP contribution in [-0.2, 0) is 0 Å². The normalized spacial score (nSPS) is 11.4. The Hall–Kier alpha value is -2.50. The smallest absolute Gasteiger partial charge is 0.322 e. The van der Waals surface area contributed by atoms with Crippen LogP contribution in [0.4, 0.5) is 16.0 Å². The summed E-state index contributed by atoms with van der Waals surface area (Å²) in [5.74, 6) is 0.399. The van der Waals surface area contributed by atoms with Crippen molar-refractivity contribution >= 4 is 17.6 Å². The van der Waals surface area contributed by atoms with Crippen LogP contribution in [0.5, 0.6) is 0 Å². The van der Waals surface area contributed by atoms with Crippen LogP contribution in [0.1, 0.15) is 11.4 Å². The van der Waals surface area contributed by atoms with E-state index < -0.39 is 0 Å². The lowest BCUT2D eigenvalue weighted by molar-refractivity contribution is -0.365. The SMILES string of the molecule is Cc1cc(C)nc([NH+]=C(N)Nc2ccc(F)cc2)n1. The minimum atomic E-state index is -0.297. The molecule has 2 rings (SSSR count). The highest BCUT2D eigenvalue weighted by Crippen LogP contribution is 2.06. The van der Waals surface area contributed by atoms with E-state index in [4.69, 9.17) is 5.73 Å². The molecule has 0 radical (unpaired) electrons. The zero-order chi connectivity index (χ0) is 13.8. The highest BCUT2D eigenvalue weighted by Gasteiger charge is 2.05. The van der Waals surface area contributed by atoms with Crippen molar-refractivity contribution in [3.8, 4) is 0 Å². The summed E-state index contributed by atoms with van der Waals surface area (Å²) >= 11 is 0. The summed E-state index contributed by atoms with van der Waals surface area (Å²) in [6, 6.07) is 7.75. The molecule has 0 saturated heterocycles.